The van der Waals surface area contributed by atoms with E-state index in [4.69, 9.17) is 9.47 Å². The van der Waals surface area contributed by atoms with Crippen molar-refractivity contribution in [2.75, 3.05) is 20.2 Å². The molecule has 2 aromatic rings. The summed E-state index contributed by atoms with van der Waals surface area (Å²) in [4.78, 5) is 34.5. The van der Waals surface area contributed by atoms with Gasteiger partial charge in [0.05, 0.1) is 37.1 Å². The van der Waals surface area contributed by atoms with Crippen molar-refractivity contribution < 1.29 is 19.1 Å². The average Bonchev–Trinajstić information content (AvgIpc) is 2.98. The van der Waals surface area contributed by atoms with Crippen molar-refractivity contribution in [3.8, 4) is 5.75 Å². The van der Waals surface area contributed by atoms with Gasteiger partial charge in [0.15, 0.2) is 0 Å². The number of benzene rings is 1. The molecule has 0 aliphatic carbocycles. The molecular weight excluding hydrogens is 382 g/mol. The van der Waals surface area contributed by atoms with E-state index in [1.807, 2.05) is 43.0 Å². The number of hydrogen-bond donors (Lipinski definition) is 0. The molecule has 1 fully saturated rings. The quantitative estimate of drug-likeness (QED) is 0.709. The number of carbonyl (C=O) groups excluding carboxylic acids is 2. The van der Waals surface area contributed by atoms with Gasteiger partial charge in [-0.15, -0.1) is 0 Å². The molecule has 1 saturated heterocycles. The Morgan fingerprint density at radius 3 is 2.40 bits per heavy atom. The molecule has 30 heavy (non-hydrogen) atoms. The van der Waals surface area contributed by atoms with Crippen LogP contribution in [0.1, 0.15) is 25.1 Å². The number of carbonyl (C=O) groups is 2. The molecule has 2 unspecified atom stereocenters. The van der Waals surface area contributed by atoms with Crippen LogP contribution in [0.3, 0.4) is 0 Å². The Morgan fingerprint density at radius 2 is 1.73 bits per heavy atom. The second-order valence-electron chi connectivity index (χ2n) is 7.60. The molecule has 2 amide bonds. The zero-order valence-electron chi connectivity index (χ0n) is 17.4. The molecular formula is C23H25N3O4. The van der Waals surface area contributed by atoms with E-state index in [0.717, 1.165) is 0 Å². The Morgan fingerprint density at radius 1 is 1.03 bits per heavy atom. The number of imide groups is 1. The highest BCUT2D eigenvalue weighted by atomic mass is 16.5. The lowest BCUT2D eigenvalue weighted by molar-refractivity contribution is -0.139. The summed E-state index contributed by atoms with van der Waals surface area (Å²) in [5, 5.41) is 0. The van der Waals surface area contributed by atoms with Gasteiger partial charge >= 0.3 is 0 Å². The molecule has 7 heteroatoms. The van der Waals surface area contributed by atoms with Gasteiger partial charge in [0.1, 0.15) is 11.4 Å². The van der Waals surface area contributed by atoms with Crippen LogP contribution in [0, 0.1) is 0 Å². The standard InChI is InChI=1S/C23H25N3O4/c1-15-12-25(13-16(2)30-15)21-20(18-9-4-5-10-19(18)29-3)22(27)26(23(21)28)14-17-8-6-7-11-24-17/h4-11,15-16H,12-14H2,1-3H3. The molecule has 4 rings (SSSR count). The summed E-state index contributed by atoms with van der Waals surface area (Å²) in [6.07, 6.45) is 1.56. The Kier molecular flexibility index (Phi) is 5.55. The van der Waals surface area contributed by atoms with Gasteiger partial charge in [0.25, 0.3) is 11.8 Å². The lowest BCUT2D eigenvalue weighted by atomic mass is 10.0. The molecule has 0 radical (unpaired) electrons. The Bertz CT molecular complexity index is 979. The highest BCUT2D eigenvalue weighted by molar-refractivity contribution is 6.35. The maximum atomic E-state index is 13.5. The number of hydrogen-bond acceptors (Lipinski definition) is 6. The van der Waals surface area contributed by atoms with Crippen LogP contribution in [-0.4, -0.2) is 59.0 Å². The van der Waals surface area contributed by atoms with Gasteiger partial charge in [-0.25, -0.2) is 0 Å². The zero-order chi connectivity index (χ0) is 21.3. The third-order valence-corrected chi connectivity index (χ3v) is 5.30. The van der Waals surface area contributed by atoms with E-state index in [9.17, 15) is 9.59 Å². The first kappa shape index (κ1) is 20.1. The molecule has 0 N–H and O–H groups in total. The molecule has 2 aliphatic heterocycles. The zero-order valence-corrected chi connectivity index (χ0v) is 17.4. The number of para-hydroxylation sites is 1. The van der Waals surface area contributed by atoms with Gasteiger partial charge in [-0.2, -0.15) is 0 Å². The van der Waals surface area contributed by atoms with Gasteiger partial charge in [0.2, 0.25) is 0 Å². The van der Waals surface area contributed by atoms with Gasteiger partial charge in [0, 0.05) is 24.8 Å². The topological polar surface area (TPSA) is 72.0 Å². The predicted octanol–water partition coefficient (Wildman–Crippen LogP) is 2.48. The van der Waals surface area contributed by atoms with E-state index in [2.05, 4.69) is 4.98 Å². The lowest BCUT2D eigenvalue weighted by Crippen LogP contribution is -2.46. The SMILES string of the molecule is COc1ccccc1C1=C(N2CC(C)OC(C)C2)C(=O)N(Cc2ccccn2)C1=O. The summed E-state index contributed by atoms with van der Waals surface area (Å²) >= 11 is 0. The summed E-state index contributed by atoms with van der Waals surface area (Å²) in [5.74, 6) is -0.0926. The lowest BCUT2D eigenvalue weighted by Gasteiger charge is -2.37. The third-order valence-electron chi connectivity index (χ3n) is 5.30. The Labute approximate surface area is 175 Å². The summed E-state index contributed by atoms with van der Waals surface area (Å²) < 4.78 is 11.3. The molecule has 0 saturated carbocycles. The minimum absolute atomic E-state index is 0.0482. The number of nitrogens with zero attached hydrogens (tertiary/aromatic N) is 3. The minimum atomic E-state index is -0.336. The normalized spacial score (nSPS) is 22.1. The monoisotopic (exact) mass is 407 g/mol. The number of morpholine rings is 1. The Hall–Kier alpha value is -3.19. The number of aromatic nitrogens is 1. The highest BCUT2D eigenvalue weighted by Gasteiger charge is 2.43. The van der Waals surface area contributed by atoms with Crippen LogP contribution >= 0.6 is 0 Å². The fourth-order valence-corrected chi connectivity index (χ4v) is 4.11. The van der Waals surface area contributed by atoms with E-state index in [1.165, 1.54) is 4.90 Å². The molecule has 3 heterocycles. The van der Waals surface area contributed by atoms with Crippen LogP contribution in [0.25, 0.3) is 5.57 Å². The fourth-order valence-electron chi connectivity index (χ4n) is 4.11. The third kappa shape index (κ3) is 3.68. The molecule has 0 spiro atoms. The first-order chi connectivity index (χ1) is 14.5. The molecule has 1 aromatic carbocycles. The van der Waals surface area contributed by atoms with Gasteiger partial charge in [-0.3, -0.25) is 19.5 Å². The van der Waals surface area contributed by atoms with Gasteiger partial charge in [-0.1, -0.05) is 24.3 Å². The molecule has 1 aromatic heterocycles. The second kappa shape index (κ2) is 8.28. The van der Waals surface area contributed by atoms with E-state index in [-0.39, 0.29) is 30.6 Å². The van der Waals surface area contributed by atoms with Crippen LogP contribution in [0.5, 0.6) is 5.75 Å². The average molecular weight is 407 g/mol. The van der Waals surface area contributed by atoms with Crippen LogP contribution in [0.2, 0.25) is 0 Å². The van der Waals surface area contributed by atoms with Crippen LogP contribution in [0.4, 0.5) is 0 Å². The maximum Gasteiger partial charge on any atom is 0.278 e. The number of amides is 2. The molecule has 7 nitrogen and oxygen atoms in total. The molecule has 2 atom stereocenters. The minimum Gasteiger partial charge on any atom is -0.496 e. The van der Waals surface area contributed by atoms with Crippen molar-refractivity contribution in [3.63, 3.8) is 0 Å². The number of pyridine rings is 1. The van der Waals surface area contributed by atoms with Crippen molar-refractivity contribution in [3.05, 3.63) is 65.6 Å². The second-order valence-corrected chi connectivity index (χ2v) is 7.60. The van der Waals surface area contributed by atoms with E-state index < -0.39 is 0 Å². The molecule has 156 valence electrons. The van der Waals surface area contributed by atoms with Crippen LogP contribution in [0.15, 0.2) is 54.4 Å². The smallest absolute Gasteiger partial charge is 0.278 e. The van der Waals surface area contributed by atoms with Gasteiger partial charge in [-0.05, 0) is 32.0 Å². The van der Waals surface area contributed by atoms with Crippen LogP contribution in [-0.2, 0) is 20.9 Å². The molecule has 2 aliphatic rings. The van der Waals surface area contributed by atoms with Crippen molar-refractivity contribution in [2.24, 2.45) is 0 Å². The summed E-state index contributed by atoms with van der Waals surface area (Å²) in [6.45, 7) is 5.14. The van der Waals surface area contributed by atoms with Crippen molar-refractivity contribution in [1.29, 1.82) is 0 Å². The number of ether oxygens (including phenoxy) is 2. The predicted molar refractivity (Wildman–Crippen MR) is 111 cm³/mol. The summed E-state index contributed by atoms with van der Waals surface area (Å²) in [5.41, 5.74) is 2.05. The fraction of sp³-hybridized carbons (Fsp3) is 0.348. The first-order valence-electron chi connectivity index (χ1n) is 10.0. The number of methoxy groups -OCH3 is 1. The summed E-state index contributed by atoms with van der Waals surface area (Å²) in [7, 11) is 1.56. The maximum absolute atomic E-state index is 13.5. The van der Waals surface area contributed by atoms with Crippen molar-refractivity contribution in [2.45, 2.75) is 32.6 Å². The van der Waals surface area contributed by atoms with Gasteiger partial charge < -0.3 is 14.4 Å². The highest BCUT2D eigenvalue weighted by Crippen LogP contribution is 2.37. The van der Waals surface area contributed by atoms with E-state index >= 15 is 0 Å². The van der Waals surface area contributed by atoms with Crippen molar-refractivity contribution >= 4 is 17.4 Å². The van der Waals surface area contributed by atoms with E-state index in [1.54, 1.807) is 31.5 Å². The Balaban J connectivity index is 1.80. The summed E-state index contributed by atoms with van der Waals surface area (Å²) in [6, 6.07) is 12.7. The van der Waals surface area contributed by atoms with Crippen LogP contribution < -0.4 is 4.74 Å². The largest absolute Gasteiger partial charge is 0.496 e. The van der Waals surface area contributed by atoms with Crippen molar-refractivity contribution in [1.82, 2.24) is 14.8 Å². The number of rotatable bonds is 5. The van der Waals surface area contributed by atoms with E-state index in [0.29, 0.717) is 41.4 Å². The molecule has 0 bridgehead atoms. The first-order valence-corrected chi connectivity index (χ1v) is 10.0.